The quantitative estimate of drug-likeness (QED) is 0.572. The summed E-state index contributed by atoms with van der Waals surface area (Å²) in [6.07, 6.45) is 0. The average molecular weight is 191 g/mol. The molecule has 0 aliphatic carbocycles. The summed E-state index contributed by atoms with van der Waals surface area (Å²) in [5.74, 6) is -0.795. The van der Waals surface area contributed by atoms with Gasteiger partial charge in [-0.15, -0.1) is 0 Å². The Bertz CT molecular complexity index is 373. The lowest BCUT2D eigenvalue weighted by Crippen LogP contribution is -2.06. The maximum Gasteiger partial charge on any atom is 0.359 e. The highest BCUT2D eigenvalue weighted by molar-refractivity contribution is 5.93. The van der Waals surface area contributed by atoms with Crippen LogP contribution in [0.5, 0.6) is 5.75 Å². The molecule has 4 nitrogen and oxygen atoms in total. The number of benzene rings is 1. The van der Waals surface area contributed by atoms with Crippen LogP contribution in [0.2, 0.25) is 0 Å². The molecule has 0 heterocycles. The van der Waals surface area contributed by atoms with Crippen LogP contribution in [-0.2, 0) is 4.74 Å². The number of phenolic OH excluding ortho intramolecular Hbond substituents is 1. The Balaban J connectivity index is 2.95. The molecule has 0 saturated carbocycles. The van der Waals surface area contributed by atoms with Crippen molar-refractivity contribution in [3.8, 4) is 5.75 Å². The van der Waals surface area contributed by atoms with Gasteiger partial charge in [0.25, 0.3) is 0 Å². The van der Waals surface area contributed by atoms with Crippen molar-refractivity contribution < 1.29 is 14.6 Å². The van der Waals surface area contributed by atoms with Gasteiger partial charge in [-0.1, -0.05) is 12.1 Å². The molecule has 0 spiro atoms. The summed E-state index contributed by atoms with van der Waals surface area (Å²) in [6, 6.07) is 4.73. The van der Waals surface area contributed by atoms with Crippen LogP contribution >= 0.6 is 0 Å². The number of esters is 1. The number of hydrogen-bond acceptors (Lipinski definition) is 3. The number of hydrogen-bond donors (Lipinski definition) is 1. The van der Waals surface area contributed by atoms with Crippen molar-refractivity contribution >= 4 is 5.97 Å². The van der Waals surface area contributed by atoms with E-state index >= 15 is 0 Å². The standard InChI is InChI=1S/C10H9NO3/c1-7-4-3-5-8(12)9(7)10(13)14-6-11-2/h3-5,12H,6H2,1H3. The third kappa shape index (κ3) is 2.02. The molecule has 1 rings (SSSR count). The lowest BCUT2D eigenvalue weighted by molar-refractivity contribution is 0.0543. The Kier molecular flexibility index (Phi) is 3.08. The first kappa shape index (κ1) is 10.1. The lowest BCUT2D eigenvalue weighted by Gasteiger charge is -2.04. The van der Waals surface area contributed by atoms with Crippen molar-refractivity contribution in [3.63, 3.8) is 0 Å². The molecule has 0 amide bonds. The number of phenols is 1. The Morgan fingerprint density at radius 1 is 1.64 bits per heavy atom. The fraction of sp³-hybridized carbons (Fsp3) is 0.200. The summed E-state index contributed by atoms with van der Waals surface area (Å²) in [6.45, 7) is 7.81. The molecule has 0 saturated heterocycles. The van der Waals surface area contributed by atoms with Crippen LogP contribution in [0.4, 0.5) is 0 Å². The van der Waals surface area contributed by atoms with Gasteiger partial charge in [-0.3, -0.25) is 4.85 Å². The Labute approximate surface area is 81.6 Å². The van der Waals surface area contributed by atoms with E-state index in [-0.39, 0.29) is 18.0 Å². The minimum absolute atomic E-state index is 0.121. The van der Waals surface area contributed by atoms with Crippen LogP contribution in [0.1, 0.15) is 15.9 Å². The molecule has 0 aromatic heterocycles. The first-order valence-electron chi connectivity index (χ1n) is 3.95. The van der Waals surface area contributed by atoms with Gasteiger partial charge in [0.05, 0.1) is 0 Å². The average Bonchev–Trinajstić information content (AvgIpc) is 2.14. The van der Waals surface area contributed by atoms with Gasteiger partial charge in [0.2, 0.25) is 0 Å². The van der Waals surface area contributed by atoms with E-state index in [2.05, 4.69) is 9.58 Å². The van der Waals surface area contributed by atoms with E-state index in [9.17, 15) is 9.90 Å². The Hall–Kier alpha value is -2.02. The Morgan fingerprint density at radius 2 is 2.36 bits per heavy atom. The zero-order valence-corrected chi connectivity index (χ0v) is 7.65. The van der Waals surface area contributed by atoms with Gasteiger partial charge in [0, 0.05) is 0 Å². The summed E-state index contributed by atoms with van der Waals surface area (Å²) in [5.41, 5.74) is 0.746. The summed E-state index contributed by atoms with van der Waals surface area (Å²) in [4.78, 5) is 14.2. The molecule has 0 aliphatic heterocycles. The fourth-order valence-electron chi connectivity index (χ4n) is 1.08. The maximum absolute atomic E-state index is 11.3. The van der Waals surface area contributed by atoms with E-state index in [0.29, 0.717) is 5.56 Å². The Morgan fingerprint density at radius 3 is 2.93 bits per heavy atom. The predicted octanol–water partition coefficient (Wildman–Crippen LogP) is 1.73. The normalized spacial score (nSPS) is 9.14. The van der Waals surface area contributed by atoms with Gasteiger partial charge >= 0.3 is 12.7 Å². The van der Waals surface area contributed by atoms with Crippen molar-refractivity contribution in [3.05, 3.63) is 40.7 Å². The van der Waals surface area contributed by atoms with Crippen molar-refractivity contribution in [1.82, 2.24) is 0 Å². The van der Waals surface area contributed by atoms with E-state index in [4.69, 9.17) is 6.57 Å². The minimum Gasteiger partial charge on any atom is -0.507 e. The maximum atomic E-state index is 11.3. The smallest absolute Gasteiger partial charge is 0.359 e. The molecule has 0 atom stereocenters. The van der Waals surface area contributed by atoms with Crippen molar-refractivity contribution in [2.45, 2.75) is 6.92 Å². The molecule has 0 radical (unpaired) electrons. The number of carbonyl (C=O) groups excluding carboxylic acids is 1. The van der Waals surface area contributed by atoms with E-state index in [0.717, 1.165) is 0 Å². The SMILES string of the molecule is [C-]#[N+]COC(=O)c1c(C)cccc1O. The van der Waals surface area contributed by atoms with E-state index < -0.39 is 5.97 Å². The summed E-state index contributed by atoms with van der Waals surface area (Å²) >= 11 is 0. The topological polar surface area (TPSA) is 50.9 Å². The molecule has 0 fully saturated rings. The zero-order chi connectivity index (χ0) is 10.6. The molecular weight excluding hydrogens is 182 g/mol. The second-order valence-electron chi connectivity index (χ2n) is 2.69. The number of ether oxygens (including phenoxy) is 1. The molecule has 14 heavy (non-hydrogen) atoms. The van der Waals surface area contributed by atoms with Crippen LogP contribution in [0.3, 0.4) is 0 Å². The molecule has 0 unspecified atom stereocenters. The first-order chi connectivity index (χ1) is 6.66. The van der Waals surface area contributed by atoms with Crippen LogP contribution in [0.25, 0.3) is 4.85 Å². The van der Waals surface area contributed by atoms with Crippen LogP contribution in [-0.4, -0.2) is 17.8 Å². The van der Waals surface area contributed by atoms with Gasteiger partial charge in [-0.25, -0.2) is 11.4 Å². The summed E-state index contributed by atoms with van der Waals surface area (Å²) in [5, 5.41) is 9.38. The van der Waals surface area contributed by atoms with E-state index in [1.54, 1.807) is 19.1 Å². The monoisotopic (exact) mass is 191 g/mol. The third-order valence-electron chi connectivity index (χ3n) is 1.72. The molecule has 1 aromatic carbocycles. The van der Waals surface area contributed by atoms with Gasteiger partial charge in [-0.2, -0.15) is 0 Å². The van der Waals surface area contributed by atoms with Crippen molar-refractivity contribution in [1.29, 1.82) is 0 Å². The number of nitrogens with zero attached hydrogens (tertiary/aromatic N) is 1. The molecule has 72 valence electrons. The fourth-order valence-corrected chi connectivity index (χ4v) is 1.08. The molecule has 0 bridgehead atoms. The predicted molar refractivity (Wildman–Crippen MR) is 49.7 cm³/mol. The highest BCUT2D eigenvalue weighted by Gasteiger charge is 2.15. The minimum atomic E-state index is -0.670. The second-order valence-corrected chi connectivity index (χ2v) is 2.69. The van der Waals surface area contributed by atoms with E-state index in [1.807, 2.05) is 0 Å². The second kappa shape index (κ2) is 4.28. The van der Waals surface area contributed by atoms with Crippen molar-refractivity contribution in [2.75, 3.05) is 6.73 Å². The molecule has 1 N–H and O–H groups in total. The molecule has 4 heteroatoms. The largest absolute Gasteiger partial charge is 0.507 e. The van der Waals surface area contributed by atoms with Gasteiger partial charge < -0.3 is 9.84 Å². The van der Waals surface area contributed by atoms with Gasteiger partial charge in [0.1, 0.15) is 11.3 Å². The van der Waals surface area contributed by atoms with E-state index in [1.165, 1.54) is 6.07 Å². The van der Waals surface area contributed by atoms with Crippen LogP contribution in [0, 0.1) is 13.5 Å². The first-order valence-corrected chi connectivity index (χ1v) is 3.95. The molecular formula is C10H9NO3. The molecule has 0 aliphatic rings. The number of aryl methyl sites for hydroxylation is 1. The van der Waals surface area contributed by atoms with Crippen LogP contribution in [0.15, 0.2) is 18.2 Å². The highest BCUT2D eigenvalue weighted by atomic mass is 16.5. The van der Waals surface area contributed by atoms with Gasteiger partial charge in [-0.05, 0) is 18.6 Å². The summed E-state index contributed by atoms with van der Waals surface area (Å²) in [7, 11) is 0. The number of rotatable bonds is 2. The number of carbonyl (C=O) groups is 1. The highest BCUT2D eigenvalue weighted by Crippen LogP contribution is 2.21. The van der Waals surface area contributed by atoms with Crippen LogP contribution < -0.4 is 0 Å². The summed E-state index contributed by atoms with van der Waals surface area (Å²) < 4.78 is 4.59. The number of aromatic hydroxyl groups is 1. The lowest BCUT2D eigenvalue weighted by atomic mass is 10.1. The third-order valence-corrected chi connectivity index (χ3v) is 1.72. The molecule has 1 aromatic rings. The van der Waals surface area contributed by atoms with Gasteiger partial charge in [0.15, 0.2) is 0 Å². The zero-order valence-electron chi connectivity index (χ0n) is 7.65. The van der Waals surface area contributed by atoms with Crippen molar-refractivity contribution in [2.24, 2.45) is 0 Å².